The molecule has 3 nitrogen and oxygen atoms in total. The first kappa shape index (κ1) is 8.72. The lowest BCUT2D eigenvalue weighted by Crippen LogP contribution is -2.59. The topological polar surface area (TPSA) is 32.3 Å². The summed E-state index contributed by atoms with van der Waals surface area (Å²) in [5.74, 6) is 1.23. The Morgan fingerprint density at radius 3 is 2.86 bits per heavy atom. The summed E-state index contributed by atoms with van der Waals surface area (Å²) >= 11 is 0. The molecule has 3 heteroatoms. The van der Waals surface area contributed by atoms with Crippen LogP contribution in [-0.2, 0) is 4.79 Å². The van der Waals surface area contributed by atoms with Crippen LogP contribution < -0.4 is 5.32 Å². The molecule has 14 heavy (non-hydrogen) atoms. The number of amides is 1. The Hall–Kier alpha value is -0.570. The minimum absolute atomic E-state index is 0.150. The van der Waals surface area contributed by atoms with Gasteiger partial charge < -0.3 is 10.2 Å². The second kappa shape index (κ2) is 3.23. The van der Waals surface area contributed by atoms with Crippen LogP contribution in [0.15, 0.2) is 0 Å². The normalized spacial score (nSPS) is 40.9. The first-order valence-corrected chi connectivity index (χ1v) is 5.90. The second-order valence-corrected chi connectivity index (χ2v) is 4.90. The number of carbonyl (C=O) groups excluding carboxylic acids is 1. The fourth-order valence-corrected chi connectivity index (χ4v) is 3.24. The Labute approximate surface area is 84.8 Å². The van der Waals surface area contributed by atoms with E-state index >= 15 is 0 Å². The fourth-order valence-electron chi connectivity index (χ4n) is 3.24. The summed E-state index contributed by atoms with van der Waals surface area (Å²) in [7, 11) is 0. The molecule has 0 bridgehead atoms. The van der Waals surface area contributed by atoms with Crippen LogP contribution in [0.1, 0.15) is 32.1 Å². The molecule has 3 fully saturated rings. The van der Waals surface area contributed by atoms with Crippen LogP contribution in [0.3, 0.4) is 0 Å². The zero-order valence-corrected chi connectivity index (χ0v) is 8.54. The maximum absolute atomic E-state index is 12.0. The number of nitrogens with zero attached hydrogens (tertiary/aromatic N) is 1. The SMILES string of the molecule is O=C(C1CCCN1)N1CC2CCCC21. The highest BCUT2D eigenvalue weighted by atomic mass is 16.2. The molecule has 2 saturated heterocycles. The Morgan fingerprint density at radius 2 is 2.14 bits per heavy atom. The van der Waals surface area contributed by atoms with E-state index in [4.69, 9.17) is 0 Å². The van der Waals surface area contributed by atoms with Crippen LogP contribution >= 0.6 is 0 Å². The third kappa shape index (κ3) is 1.18. The summed E-state index contributed by atoms with van der Waals surface area (Å²) in [5.41, 5.74) is 0. The largest absolute Gasteiger partial charge is 0.338 e. The van der Waals surface area contributed by atoms with Gasteiger partial charge in [-0.25, -0.2) is 0 Å². The average Bonchev–Trinajstić information content (AvgIpc) is 2.75. The van der Waals surface area contributed by atoms with Gasteiger partial charge >= 0.3 is 0 Å². The molecule has 1 aliphatic carbocycles. The van der Waals surface area contributed by atoms with E-state index in [0.29, 0.717) is 11.9 Å². The summed E-state index contributed by atoms with van der Waals surface area (Å²) in [4.78, 5) is 14.2. The van der Waals surface area contributed by atoms with Gasteiger partial charge in [-0.05, 0) is 38.1 Å². The highest BCUT2D eigenvalue weighted by Gasteiger charge is 2.46. The molecule has 2 aliphatic heterocycles. The standard InChI is InChI=1S/C11H18N2O/c14-11(9-4-2-6-12-9)13-7-8-3-1-5-10(8)13/h8-10,12H,1-7H2. The van der Waals surface area contributed by atoms with Gasteiger partial charge in [-0.2, -0.15) is 0 Å². The average molecular weight is 194 g/mol. The number of carbonyl (C=O) groups is 1. The van der Waals surface area contributed by atoms with Crippen molar-refractivity contribution < 1.29 is 4.79 Å². The predicted octanol–water partition coefficient (Wildman–Crippen LogP) is 0.749. The molecule has 3 atom stereocenters. The van der Waals surface area contributed by atoms with E-state index < -0.39 is 0 Å². The van der Waals surface area contributed by atoms with Crippen molar-refractivity contribution in [2.75, 3.05) is 13.1 Å². The molecule has 0 aromatic carbocycles. The van der Waals surface area contributed by atoms with Gasteiger partial charge in [-0.15, -0.1) is 0 Å². The van der Waals surface area contributed by atoms with Crippen molar-refractivity contribution in [3.8, 4) is 0 Å². The fraction of sp³-hybridized carbons (Fsp3) is 0.909. The number of nitrogens with one attached hydrogen (secondary N) is 1. The summed E-state index contributed by atoms with van der Waals surface area (Å²) in [6.45, 7) is 2.07. The first-order chi connectivity index (χ1) is 6.86. The highest BCUT2D eigenvalue weighted by molar-refractivity contribution is 5.83. The van der Waals surface area contributed by atoms with Crippen molar-refractivity contribution >= 4 is 5.91 Å². The van der Waals surface area contributed by atoms with Crippen LogP contribution in [0.4, 0.5) is 0 Å². The lowest BCUT2D eigenvalue weighted by atomic mass is 9.91. The molecule has 1 amide bonds. The minimum Gasteiger partial charge on any atom is -0.338 e. The highest BCUT2D eigenvalue weighted by Crippen LogP contribution is 2.39. The van der Waals surface area contributed by atoms with Gasteiger partial charge in [0.15, 0.2) is 0 Å². The van der Waals surface area contributed by atoms with E-state index in [9.17, 15) is 4.79 Å². The molecular weight excluding hydrogens is 176 g/mol. The van der Waals surface area contributed by atoms with Gasteiger partial charge in [-0.1, -0.05) is 6.42 Å². The van der Waals surface area contributed by atoms with Crippen LogP contribution in [-0.4, -0.2) is 36.0 Å². The van der Waals surface area contributed by atoms with Gasteiger partial charge in [0.1, 0.15) is 0 Å². The molecule has 3 rings (SSSR count). The Morgan fingerprint density at radius 1 is 1.21 bits per heavy atom. The van der Waals surface area contributed by atoms with E-state index in [1.807, 2.05) is 0 Å². The van der Waals surface area contributed by atoms with Gasteiger partial charge in [0, 0.05) is 12.6 Å². The molecule has 0 aromatic heterocycles. The molecule has 0 aromatic rings. The zero-order chi connectivity index (χ0) is 9.54. The lowest BCUT2D eigenvalue weighted by Gasteiger charge is -2.45. The maximum atomic E-state index is 12.0. The lowest BCUT2D eigenvalue weighted by molar-refractivity contribution is -0.144. The first-order valence-electron chi connectivity index (χ1n) is 5.90. The number of likely N-dealkylation sites (tertiary alicyclic amines) is 1. The van der Waals surface area contributed by atoms with Crippen molar-refractivity contribution in [2.24, 2.45) is 5.92 Å². The van der Waals surface area contributed by atoms with Crippen LogP contribution in [0.2, 0.25) is 0 Å². The Bertz CT molecular complexity index is 248. The van der Waals surface area contributed by atoms with Crippen LogP contribution in [0.25, 0.3) is 0 Å². The number of hydrogen-bond donors (Lipinski definition) is 1. The van der Waals surface area contributed by atoms with Gasteiger partial charge in [0.25, 0.3) is 0 Å². The molecule has 1 saturated carbocycles. The van der Waals surface area contributed by atoms with E-state index in [2.05, 4.69) is 10.2 Å². The van der Waals surface area contributed by atoms with Crippen molar-refractivity contribution in [3.63, 3.8) is 0 Å². The van der Waals surface area contributed by atoms with Crippen molar-refractivity contribution in [1.29, 1.82) is 0 Å². The molecule has 3 aliphatic rings. The van der Waals surface area contributed by atoms with E-state index in [1.54, 1.807) is 0 Å². The smallest absolute Gasteiger partial charge is 0.239 e. The van der Waals surface area contributed by atoms with E-state index in [0.717, 1.165) is 25.4 Å². The molecule has 3 unspecified atom stereocenters. The van der Waals surface area contributed by atoms with Crippen molar-refractivity contribution in [1.82, 2.24) is 10.2 Å². The predicted molar refractivity (Wildman–Crippen MR) is 53.9 cm³/mol. The minimum atomic E-state index is 0.150. The maximum Gasteiger partial charge on any atom is 0.239 e. The summed E-state index contributed by atoms with van der Waals surface area (Å²) in [6.07, 6.45) is 6.15. The van der Waals surface area contributed by atoms with E-state index in [1.165, 1.54) is 25.7 Å². The number of hydrogen-bond acceptors (Lipinski definition) is 2. The van der Waals surface area contributed by atoms with Crippen molar-refractivity contribution in [2.45, 2.75) is 44.2 Å². The molecular formula is C11H18N2O. The molecule has 0 radical (unpaired) electrons. The van der Waals surface area contributed by atoms with Gasteiger partial charge in [-0.3, -0.25) is 4.79 Å². The Kier molecular flexibility index (Phi) is 2.01. The quantitative estimate of drug-likeness (QED) is 0.668. The summed E-state index contributed by atoms with van der Waals surface area (Å²) in [6, 6.07) is 0.765. The van der Waals surface area contributed by atoms with Crippen LogP contribution in [0.5, 0.6) is 0 Å². The third-order valence-corrected chi connectivity index (χ3v) is 4.09. The van der Waals surface area contributed by atoms with Gasteiger partial charge in [0.05, 0.1) is 6.04 Å². The van der Waals surface area contributed by atoms with Gasteiger partial charge in [0.2, 0.25) is 5.91 Å². The summed E-state index contributed by atoms with van der Waals surface area (Å²) in [5, 5.41) is 3.29. The third-order valence-electron chi connectivity index (χ3n) is 4.09. The summed E-state index contributed by atoms with van der Waals surface area (Å²) < 4.78 is 0. The zero-order valence-electron chi connectivity index (χ0n) is 8.54. The number of rotatable bonds is 1. The number of fused-ring (bicyclic) bond motifs is 1. The molecule has 78 valence electrons. The molecule has 1 N–H and O–H groups in total. The van der Waals surface area contributed by atoms with E-state index in [-0.39, 0.29) is 6.04 Å². The Balaban J connectivity index is 1.63. The van der Waals surface area contributed by atoms with Crippen molar-refractivity contribution in [3.05, 3.63) is 0 Å². The monoisotopic (exact) mass is 194 g/mol. The molecule has 0 spiro atoms. The second-order valence-electron chi connectivity index (χ2n) is 4.90. The molecule has 2 heterocycles. The van der Waals surface area contributed by atoms with Crippen LogP contribution in [0, 0.1) is 5.92 Å².